The molecule has 0 aliphatic rings. The van der Waals surface area contributed by atoms with Gasteiger partial charge in [-0.1, -0.05) is 0 Å². The third kappa shape index (κ3) is 31.3. The Labute approximate surface area is 108 Å². The summed E-state index contributed by atoms with van der Waals surface area (Å²) in [7, 11) is 6.33. The van der Waals surface area contributed by atoms with Gasteiger partial charge in [-0.05, 0) is 6.42 Å². The van der Waals surface area contributed by atoms with Gasteiger partial charge in [0.05, 0.1) is 13.2 Å². The summed E-state index contributed by atoms with van der Waals surface area (Å²) in [6, 6.07) is 0. The van der Waals surface area contributed by atoms with Gasteiger partial charge in [-0.15, -0.1) is 0 Å². The van der Waals surface area contributed by atoms with E-state index >= 15 is 0 Å². The van der Waals surface area contributed by atoms with Crippen molar-refractivity contribution in [2.45, 2.75) is 12.8 Å². The molecule has 0 saturated heterocycles. The topological polar surface area (TPSA) is 47.9 Å². The van der Waals surface area contributed by atoms with E-state index in [0.717, 1.165) is 19.4 Å². The van der Waals surface area contributed by atoms with Gasteiger partial charge in [0, 0.05) is 48.0 Å². The summed E-state index contributed by atoms with van der Waals surface area (Å²) in [5, 5.41) is 7.94. The Kier molecular flexibility index (Phi) is 33.5. The quantitative estimate of drug-likeness (QED) is 0.371. The Hall–Kier alpha value is 0.593. The molecule has 0 rings (SSSR count). The summed E-state index contributed by atoms with van der Waals surface area (Å²) in [6.07, 6.45) is 1.68. The van der Waals surface area contributed by atoms with Crippen LogP contribution in [0.25, 0.3) is 0 Å². The molecular formula is C9H20BO4W-. The van der Waals surface area contributed by atoms with E-state index in [1.165, 1.54) is 0 Å². The zero-order valence-electron chi connectivity index (χ0n) is 9.31. The van der Waals surface area contributed by atoms with E-state index in [1.807, 2.05) is 0 Å². The standard InChI is InChI=1S/C6H12BO2.C3H8O2.W/c1-2-4-8-5-3-6-9-7;1-5-3-2-4;/h1-6H2;4H,2-3H2,1H3;/q-1;;. The summed E-state index contributed by atoms with van der Waals surface area (Å²) >= 11 is 0. The first-order valence-electron chi connectivity index (χ1n) is 4.61. The maximum absolute atomic E-state index is 7.94. The van der Waals surface area contributed by atoms with Crippen LogP contribution >= 0.6 is 0 Å². The molecular weight excluding hydrogens is 367 g/mol. The van der Waals surface area contributed by atoms with Gasteiger partial charge in [-0.3, -0.25) is 0 Å². The maximum Gasteiger partial charge on any atom is 0.282 e. The predicted molar refractivity (Wildman–Crippen MR) is 56.1 cm³/mol. The van der Waals surface area contributed by atoms with Gasteiger partial charge in [-0.2, -0.15) is 6.42 Å². The van der Waals surface area contributed by atoms with Gasteiger partial charge in [0.1, 0.15) is 0 Å². The first-order valence-corrected chi connectivity index (χ1v) is 4.61. The zero-order chi connectivity index (χ0) is 11.1. The number of aliphatic hydroxyl groups is 1. The van der Waals surface area contributed by atoms with E-state index in [2.05, 4.69) is 16.3 Å². The van der Waals surface area contributed by atoms with Crippen molar-refractivity contribution in [3.8, 4) is 0 Å². The molecule has 2 radical (unpaired) electrons. The van der Waals surface area contributed by atoms with Crippen LogP contribution < -0.4 is 0 Å². The number of ether oxygens (including phenoxy) is 2. The summed E-state index contributed by atoms with van der Waals surface area (Å²) in [4.78, 5) is 0. The van der Waals surface area contributed by atoms with Crippen LogP contribution in [0.5, 0.6) is 0 Å². The molecule has 0 aromatic carbocycles. The van der Waals surface area contributed by atoms with Crippen molar-refractivity contribution in [2.75, 3.05) is 40.1 Å². The van der Waals surface area contributed by atoms with E-state index in [9.17, 15) is 0 Å². The molecule has 6 heteroatoms. The SMILES string of the molecule is COCCO.[B]OCCCOCC[CH2-].[W]. The average molecular weight is 387 g/mol. The summed E-state index contributed by atoms with van der Waals surface area (Å²) in [5.74, 6) is 0. The van der Waals surface area contributed by atoms with Crippen LogP contribution in [-0.4, -0.2) is 53.3 Å². The van der Waals surface area contributed by atoms with E-state index in [1.54, 1.807) is 7.11 Å². The molecule has 0 bridgehead atoms. The number of hydrogen-bond acceptors (Lipinski definition) is 4. The second-order valence-corrected chi connectivity index (χ2v) is 2.41. The minimum absolute atomic E-state index is 0. The fourth-order valence-corrected chi connectivity index (χ4v) is 0.540. The Morgan fingerprint density at radius 2 is 1.87 bits per heavy atom. The molecule has 0 fully saturated rings. The zero-order valence-corrected chi connectivity index (χ0v) is 12.2. The van der Waals surface area contributed by atoms with Crippen molar-refractivity contribution < 1.29 is 40.3 Å². The molecule has 0 aromatic heterocycles. The van der Waals surface area contributed by atoms with E-state index in [-0.39, 0.29) is 27.7 Å². The molecule has 15 heavy (non-hydrogen) atoms. The van der Waals surface area contributed by atoms with E-state index in [0.29, 0.717) is 19.8 Å². The Morgan fingerprint density at radius 1 is 1.20 bits per heavy atom. The summed E-state index contributed by atoms with van der Waals surface area (Å²) in [5.41, 5.74) is 0. The van der Waals surface area contributed by atoms with Crippen molar-refractivity contribution >= 4 is 8.05 Å². The van der Waals surface area contributed by atoms with Gasteiger partial charge in [-0.25, -0.2) is 0 Å². The molecule has 90 valence electrons. The molecule has 0 atom stereocenters. The molecule has 0 heterocycles. The van der Waals surface area contributed by atoms with Gasteiger partial charge in [0.2, 0.25) is 0 Å². The minimum atomic E-state index is 0. The fraction of sp³-hybridized carbons (Fsp3) is 0.889. The molecule has 0 unspecified atom stereocenters. The fourth-order valence-electron chi connectivity index (χ4n) is 0.540. The smallest absolute Gasteiger partial charge is 0.282 e. The molecule has 0 spiro atoms. The van der Waals surface area contributed by atoms with Crippen LogP contribution in [-0.2, 0) is 35.2 Å². The maximum atomic E-state index is 7.94. The third-order valence-corrected chi connectivity index (χ3v) is 1.13. The molecule has 1 N–H and O–H groups in total. The van der Waals surface area contributed by atoms with Crippen LogP contribution in [0.4, 0.5) is 0 Å². The van der Waals surface area contributed by atoms with Crippen LogP contribution in [0.3, 0.4) is 0 Å². The molecule has 0 aliphatic carbocycles. The Morgan fingerprint density at radius 3 is 2.20 bits per heavy atom. The monoisotopic (exact) mass is 387 g/mol. The van der Waals surface area contributed by atoms with Crippen molar-refractivity contribution in [1.82, 2.24) is 0 Å². The normalized spacial score (nSPS) is 8.73. The molecule has 0 saturated carbocycles. The van der Waals surface area contributed by atoms with Gasteiger partial charge >= 0.3 is 0 Å². The minimum Gasteiger partial charge on any atom is -0.447 e. The predicted octanol–water partition coefficient (Wildman–Crippen LogP) is 0.340. The van der Waals surface area contributed by atoms with Crippen LogP contribution in [0.2, 0.25) is 0 Å². The first-order chi connectivity index (χ1) is 6.83. The average Bonchev–Trinajstić information content (AvgIpc) is 2.20. The van der Waals surface area contributed by atoms with Crippen molar-refractivity contribution in [1.29, 1.82) is 0 Å². The van der Waals surface area contributed by atoms with Gasteiger partial charge < -0.3 is 26.2 Å². The second kappa shape index (κ2) is 24.0. The summed E-state index contributed by atoms with van der Waals surface area (Å²) < 4.78 is 13.9. The van der Waals surface area contributed by atoms with E-state index < -0.39 is 0 Å². The Bertz CT molecular complexity index is 80.5. The number of hydrogen-bond donors (Lipinski definition) is 1. The van der Waals surface area contributed by atoms with Gasteiger partial charge in [0.25, 0.3) is 8.05 Å². The largest absolute Gasteiger partial charge is 0.447 e. The molecule has 0 aromatic rings. The third-order valence-electron chi connectivity index (χ3n) is 1.13. The first kappa shape index (κ1) is 20.9. The van der Waals surface area contributed by atoms with E-state index in [4.69, 9.17) is 17.9 Å². The molecule has 4 nitrogen and oxygen atoms in total. The van der Waals surface area contributed by atoms with Crippen molar-refractivity contribution in [3.05, 3.63) is 6.92 Å². The molecule has 0 aliphatic heterocycles. The molecule has 0 amide bonds. The van der Waals surface area contributed by atoms with Crippen LogP contribution in [0, 0.1) is 6.92 Å². The van der Waals surface area contributed by atoms with Crippen LogP contribution in [0.1, 0.15) is 12.8 Å². The number of rotatable bonds is 8. The Balaban J connectivity index is -0.000000208. The number of aliphatic hydroxyl groups excluding tert-OH is 1. The van der Waals surface area contributed by atoms with Crippen LogP contribution in [0.15, 0.2) is 0 Å². The van der Waals surface area contributed by atoms with Crippen molar-refractivity contribution in [2.24, 2.45) is 0 Å². The summed E-state index contributed by atoms with van der Waals surface area (Å²) in [6.45, 7) is 6.20. The second-order valence-electron chi connectivity index (χ2n) is 2.41. The van der Waals surface area contributed by atoms with Gasteiger partial charge in [0.15, 0.2) is 0 Å². The number of methoxy groups -OCH3 is 1. The van der Waals surface area contributed by atoms with Crippen molar-refractivity contribution in [3.63, 3.8) is 0 Å².